The van der Waals surface area contributed by atoms with Crippen LogP contribution >= 0.6 is 0 Å². The fourth-order valence-electron chi connectivity index (χ4n) is 2.99. The van der Waals surface area contributed by atoms with Gasteiger partial charge in [-0.25, -0.2) is 0 Å². The predicted molar refractivity (Wildman–Crippen MR) is 131 cm³/mol. The molecule has 0 aliphatic carbocycles. The van der Waals surface area contributed by atoms with Gasteiger partial charge in [-0.2, -0.15) is 0 Å². The molecule has 0 saturated heterocycles. The maximum atomic E-state index is 12.4. The first kappa shape index (κ1) is 23.7. The van der Waals surface area contributed by atoms with Crippen LogP contribution in [0.4, 0.5) is 17.1 Å². The molecule has 7 nitrogen and oxygen atoms in total. The molecule has 0 aliphatic rings. The van der Waals surface area contributed by atoms with Crippen molar-refractivity contribution in [1.82, 2.24) is 0 Å². The van der Waals surface area contributed by atoms with Crippen LogP contribution in [0, 0.1) is 6.92 Å². The van der Waals surface area contributed by atoms with Crippen molar-refractivity contribution in [1.29, 1.82) is 0 Å². The highest BCUT2D eigenvalue weighted by Gasteiger charge is 2.07. The smallest absolute Gasteiger partial charge is 0.243 e. The summed E-state index contributed by atoms with van der Waals surface area (Å²) < 4.78 is 11.3. The standard InChI is InChI=1S/C26H29N3O4/c1-3-25(30)29-24-17-20(13-12-19(24)2)27-18-26(31)28-21-8-7-11-23(16-21)33-15-14-32-22-9-5-4-6-10-22/h4-13,16-17,27H,3,14-15,18H2,1-2H3,(H,28,31)(H,29,30). The molecular formula is C26H29N3O4. The summed E-state index contributed by atoms with van der Waals surface area (Å²) in [4.78, 5) is 24.1. The van der Waals surface area contributed by atoms with Crippen molar-refractivity contribution in [3.63, 3.8) is 0 Å². The van der Waals surface area contributed by atoms with Crippen LogP contribution in [0.1, 0.15) is 18.9 Å². The molecule has 0 aromatic heterocycles. The van der Waals surface area contributed by atoms with Crippen LogP contribution in [0.5, 0.6) is 11.5 Å². The Morgan fingerprint density at radius 3 is 2.24 bits per heavy atom. The molecule has 0 spiro atoms. The molecule has 7 heteroatoms. The van der Waals surface area contributed by atoms with Crippen LogP contribution in [-0.2, 0) is 9.59 Å². The fourth-order valence-corrected chi connectivity index (χ4v) is 2.99. The summed E-state index contributed by atoms with van der Waals surface area (Å²) in [6, 6.07) is 22.4. The lowest BCUT2D eigenvalue weighted by Gasteiger charge is -2.13. The van der Waals surface area contributed by atoms with E-state index < -0.39 is 0 Å². The minimum Gasteiger partial charge on any atom is -0.490 e. The van der Waals surface area contributed by atoms with Gasteiger partial charge in [0.1, 0.15) is 24.7 Å². The third-order valence-corrected chi connectivity index (χ3v) is 4.77. The van der Waals surface area contributed by atoms with Crippen molar-refractivity contribution in [2.75, 3.05) is 35.7 Å². The molecule has 3 aromatic carbocycles. The predicted octanol–water partition coefficient (Wildman–Crippen LogP) is 4.85. The van der Waals surface area contributed by atoms with Crippen LogP contribution in [0.15, 0.2) is 72.8 Å². The Morgan fingerprint density at radius 1 is 0.758 bits per heavy atom. The zero-order chi connectivity index (χ0) is 23.5. The summed E-state index contributed by atoms with van der Waals surface area (Å²) in [5.41, 5.74) is 3.08. The van der Waals surface area contributed by atoms with Gasteiger partial charge in [-0.3, -0.25) is 9.59 Å². The summed E-state index contributed by atoms with van der Waals surface area (Å²) in [7, 11) is 0. The molecule has 2 amide bonds. The van der Waals surface area contributed by atoms with Crippen molar-refractivity contribution in [3.05, 3.63) is 78.4 Å². The molecule has 3 rings (SSSR count). The molecule has 0 heterocycles. The second-order valence-corrected chi connectivity index (χ2v) is 7.37. The summed E-state index contributed by atoms with van der Waals surface area (Å²) >= 11 is 0. The lowest BCUT2D eigenvalue weighted by Crippen LogP contribution is -2.22. The zero-order valence-electron chi connectivity index (χ0n) is 18.9. The van der Waals surface area contributed by atoms with Crippen molar-refractivity contribution >= 4 is 28.9 Å². The molecule has 0 fully saturated rings. The minimum absolute atomic E-state index is 0.0540. The number of aryl methyl sites for hydroxylation is 1. The van der Waals surface area contributed by atoms with Crippen molar-refractivity contribution in [3.8, 4) is 11.5 Å². The third-order valence-electron chi connectivity index (χ3n) is 4.77. The molecule has 3 N–H and O–H groups in total. The van der Waals surface area contributed by atoms with E-state index in [-0.39, 0.29) is 18.4 Å². The second-order valence-electron chi connectivity index (χ2n) is 7.37. The van der Waals surface area contributed by atoms with E-state index >= 15 is 0 Å². The van der Waals surface area contributed by atoms with Crippen LogP contribution in [0.3, 0.4) is 0 Å². The number of nitrogens with one attached hydrogen (secondary N) is 3. The number of ether oxygens (including phenoxy) is 2. The zero-order valence-corrected chi connectivity index (χ0v) is 18.9. The summed E-state index contributed by atoms with van der Waals surface area (Å²) in [5, 5.41) is 8.80. The van der Waals surface area contributed by atoms with Crippen LogP contribution in [-0.4, -0.2) is 31.6 Å². The number of carbonyl (C=O) groups is 2. The number of hydrogen-bond acceptors (Lipinski definition) is 5. The number of hydrogen-bond donors (Lipinski definition) is 3. The first-order valence-electron chi connectivity index (χ1n) is 10.9. The maximum Gasteiger partial charge on any atom is 0.243 e. The van der Waals surface area contributed by atoms with Gasteiger partial charge in [-0.1, -0.05) is 37.3 Å². The molecule has 33 heavy (non-hydrogen) atoms. The molecule has 0 unspecified atom stereocenters. The number of rotatable bonds is 11. The van der Waals surface area contributed by atoms with Crippen molar-refractivity contribution in [2.24, 2.45) is 0 Å². The average Bonchev–Trinajstić information content (AvgIpc) is 2.83. The van der Waals surface area contributed by atoms with E-state index in [1.807, 2.05) is 67.6 Å². The van der Waals surface area contributed by atoms with Crippen LogP contribution in [0.2, 0.25) is 0 Å². The molecule has 0 radical (unpaired) electrons. The lowest BCUT2D eigenvalue weighted by atomic mass is 10.1. The van der Waals surface area contributed by atoms with E-state index in [0.717, 1.165) is 22.7 Å². The van der Waals surface area contributed by atoms with Gasteiger partial charge >= 0.3 is 0 Å². The Hall–Kier alpha value is -4.00. The highest BCUT2D eigenvalue weighted by Crippen LogP contribution is 2.21. The van der Waals surface area contributed by atoms with E-state index in [0.29, 0.717) is 31.1 Å². The van der Waals surface area contributed by atoms with Gasteiger partial charge in [0.15, 0.2) is 0 Å². The topological polar surface area (TPSA) is 88.7 Å². The van der Waals surface area contributed by atoms with Crippen molar-refractivity contribution in [2.45, 2.75) is 20.3 Å². The molecular weight excluding hydrogens is 418 g/mol. The first-order chi connectivity index (χ1) is 16.0. The van der Waals surface area contributed by atoms with E-state index in [9.17, 15) is 9.59 Å². The van der Waals surface area contributed by atoms with E-state index in [1.54, 1.807) is 19.1 Å². The van der Waals surface area contributed by atoms with Crippen LogP contribution in [0.25, 0.3) is 0 Å². The Balaban J connectivity index is 1.45. The number of benzene rings is 3. The van der Waals surface area contributed by atoms with Gasteiger partial charge in [0, 0.05) is 29.5 Å². The summed E-state index contributed by atoms with van der Waals surface area (Å²) in [6.07, 6.45) is 0.405. The first-order valence-corrected chi connectivity index (χ1v) is 10.9. The fraction of sp³-hybridized carbons (Fsp3) is 0.231. The Labute approximate surface area is 194 Å². The monoisotopic (exact) mass is 447 g/mol. The normalized spacial score (nSPS) is 10.2. The van der Waals surface area contributed by atoms with Gasteiger partial charge in [0.2, 0.25) is 11.8 Å². The minimum atomic E-state index is -0.195. The van der Waals surface area contributed by atoms with Gasteiger partial charge in [0.05, 0.1) is 6.54 Å². The highest BCUT2D eigenvalue weighted by molar-refractivity contribution is 5.94. The largest absolute Gasteiger partial charge is 0.490 e. The molecule has 0 atom stereocenters. The van der Waals surface area contributed by atoms with Gasteiger partial charge in [-0.15, -0.1) is 0 Å². The highest BCUT2D eigenvalue weighted by atomic mass is 16.5. The van der Waals surface area contributed by atoms with E-state index in [2.05, 4.69) is 16.0 Å². The Bertz CT molecular complexity index is 1070. The van der Waals surface area contributed by atoms with Gasteiger partial charge < -0.3 is 25.4 Å². The molecule has 0 bridgehead atoms. The Kier molecular flexibility index (Phi) is 8.71. The number of anilines is 3. The molecule has 0 saturated carbocycles. The SMILES string of the molecule is CCC(=O)Nc1cc(NCC(=O)Nc2cccc(OCCOc3ccccc3)c2)ccc1C. The average molecular weight is 448 g/mol. The lowest BCUT2D eigenvalue weighted by molar-refractivity contribution is -0.116. The molecule has 3 aromatic rings. The van der Waals surface area contributed by atoms with Gasteiger partial charge in [-0.05, 0) is 48.9 Å². The molecule has 0 aliphatic heterocycles. The number of carbonyl (C=O) groups excluding carboxylic acids is 2. The number of amides is 2. The third kappa shape index (κ3) is 7.88. The van der Waals surface area contributed by atoms with Gasteiger partial charge in [0.25, 0.3) is 0 Å². The van der Waals surface area contributed by atoms with E-state index in [4.69, 9.17) is 9.47 Å². The van der Waals surface area contributed by atoms with E-state index in [1.165, 1.54) is 0 Å². The summed E-state index contributed by atoms with van der Waals surface area (Å²) in [5.74, 6) is 1.19. The number of para-hydroxylation sites is 1. The van der Waals surface area contributed by atoms with Crippen molar-refractivity contribution < 1.29 is 19.1 Å². The molecule has 172 valence electrons. The van der Waals surface area contributed by atoms with Crippen LogP contribution < -0.4 is 25.4 Å². The summed E-state index contributed by atoms with van der Waals surface area (Å²) in [6.45, 7) is 4.61. The quantitative estimate of drug-likeness (QED) is 0.366. The second kappa shape index (κ2) is 12.1. The maximum absolute atomic E-state index is 12.4. The Morgan fingerprint density at radius 2 is 1.48 bits per heavy atom.